The molecule has 0 radical (unpaired) electrons. The second-order valence-electron chi connectivity index (χ2n) is 6.48. The first kappa shape index (κ1) is 23.0. The van der Waals surface area contributed by atoms with E-state index < -0.39 is 32.0 Å². The van der Waals surface area contributed by atoms with Crippen molar-refractivity contribution >= 4 is 25.2 Å². The smallest absolute Gasteiger partial charge is 0.534 e. The molecular formula is C19H23BN2O8. The molecule has 1 atom stereocenters. The number of hydrogen-bond donors (Lipinski definition) is 2. The highest BCUT2D eigenvalue weighted by Crippen LogP contribution is 2.30. The third-order valence-corrected chi connectivity index (χ3v) is 4.23. The van der Waals surface area contributed by atoms with Gasteiger partial charge in [-0.1, -0.05) is 25.5 Å². The molecule has 1 aliphatic heterocycles. The Balaban J connectivity index is 1.94. The number of unbranched alkanes of at least 4 members (excludes halogenated alkanes) is 1. The van der Waals surface area contributed by atoms with Gasteiger partial charge in [-0.25, -0.2) is 9.59 Å². The number of ether oxygens (including phenoxy) is 3. The quantitative estimate of drug-likeness (QED) is 0.264. The fourth-order valence-corrected chi connectivity index (χ4v) is 2.71. The molecule has 11 heteroatoms. The predicted molar refractivity (Wildman–Crippen MR) is 103 cm³/mol. The number of nitrogens with one attached hydrogen (secondary N) is 1. The fraction of sp³-hybridized carbons (Fsp3) is 0.474. The van der Waals surface area contributed by atoms with Crippen molar-refractivity contribution in [2.24, 2.45) is 0 Å². The SMILES string of the molecule is CCCCOC(=O)OCOC(=O)c1cccc2c1OB(O)[C@@H](NC(=O)CCC#N)C2. The largest absolute Gasteiger partial charge is 0.547 e. The average molecular weight is 418 g/mol. The maximum atomic E-state index is 12.3. The summed E-state index contributed by atoms with van der Waals surface area (Å²) in [6.45, 7) is 1.53. The Morgan fingerprint density at radius 3 is 2.87 bits per heavy atom. The number of carbonyl (C=O) groups excluding carboxylic acids is 3. The van der Waals surface area contributed by atoms with Gasteiger partial charge >= 0.3 is 19.2 Å². The lowest BCUT2D eigenvalue weighted by atomic mass is 9.72. The molecule has 0 bridgehead atoms. The molecule has 30 heavy (non-hydrogen) atoms. The summed E-state index contributed by atoms with van der Waals surface area (Å²) in [5, 5.41) is 21.4. The van der Waals surface area contributed by atoms with Crippen LogP contribution in [0.1, 0.15) is 48.5 Å². The van der Waals surface area contributed by atoms with Crippen LogP contribution in [0.25, 0.3) is 0 Å². The number of nitriles is 1. The second-order valence-corrected chi connectivity index (χ2v) is 6.48. The molecule has 1 amide bonds. The van der Waals surface area contributed by atoms with Gasteiger partial charge < -0.3 is 29.2 Å². The summed E-state index contributed by atoms with van der Waals surface area (Å²) in [5.41, 5.74) is 0.629. The van der Waals surface area contributed by atoms with Crippen molar-refractivity contribution in [1.82, 2.24) is 5.32 Å². The number of fused-ring (bicyclic) bond motifs is 1. The van der Waals surface area contributed by atoms with Crippen molar-refractivity contribution in [1.29, 1.82) is 5.26 Å². The Bertz CT molecular complexity index is 810. The Labute approximate surface area is 174 Å². The number of carbonyl (C=O) groups is 3. The van der Waals surface area contributed by atoms with Crippen LogP contribution in [0.4, 0.5) is 4.79 Å². The lowest BCUT2D eigenvalue weighted by Gasteiger charge is -2.29. The predicted octanol–water partition coefficient (Wildman–Crippen LogP) is 1.50. The molecular weight excluding hydrogens is 395 g/mol. The maximum Gasteiger partial charge on any atom is 0.547 e. The minimum atomic E-state index is -1.39. The molecule has 0 aliphatic carbocycles. The normalized spacial score (nSPS) is 14.6. The number of nitrogens with zero attached hydrogens (tertiary/aromatic N) is 1. The first-order valence-electron chi connectivity index (χ1n) is 9.55. The van der Waals surface area contributed by atoms with E-state index in [0.29, 0.717) is 12.0 Å². The van der Waals surface area contributed by atoms with Crippen LogP contribution in [-0.2, 0) is 25.4 Å². The average Bonchev–Trinajstić information content (AvgIpc) is 2.72. The minimum absolute atomic E-state index is 0.0137. The van der Waals surface area contributed by atoms with Crippen LogP contribution in [0.3, 0.4) is 0 Å². The topological polar surface area (TPSA) is 144 Å². The molecule has 1 aromatic rings. The van der Waals surface area contributed by atoms with Gasteiger partial charge in [0.15, 0.2) is 0 Å². The van der Waals surface area contributed by atoms with Gasteiger partial charge in [-0.3, -0.25) is 4.79 Å². The summed E-state index contributed by atoms with van der Waals surface area (Å²) in [6.07, 6.45) is 0.919. The fourth-order valence-electron chi connectivity index (χ4n) is 2.71. The summed E-state index contributed by atoms with van der Waals surface area (Å²) in [6, 6.07) is 6.61. The molecule has 2 N–H and O–H groups in total. The summed E-state index contributed by atoms with van der Waals surface area (Å²) in [5.74, 6) is -1.79. The Morgan fingerprint density at radius 2 is 2.13 bits per heavy atom. The van der Waals surface area contributed by atoms with Crippen LogP contribution in [0, 0.1) is 11.3 Å². The van der Waals surface area contributed by atoms with Gasteiger partial charge in [0.05, 0.1) is 18.6 Å². The third kappa shape index (κ3) is 6.67. The van der Waals surface area contributed by atoms with Gasteiger partial charge in [-0.05, 0) is 24.5 Å². The number of benzene rings is 1. The van der Waals surface area contributed by atoms with Gasteiger partial charge in [0.25, 0.3) is 0 Å². The van der Waals surface area contributed by atoms with Crippen LogP contribution >= 0.6 is 0 Å². The molecule has 0 aromatic heterocycles. The van der Waals surface area contributed by atoms with Crippen LogP contribution in [0.2, 0.25) is 0 Å². The van der Waals surface area contributed by atoms with Crippen LogP contribution < -0.4 is 9.97 Å². The summed E-state index contributed by atoms with van der Waals surface area (Å²) < 4.78 is 19.8. The standard InChI is InChI=1S/C19H23BN2O8/c1-2-3-10-27-19(25)29-12-28-18(24)14-7-4-6-13-11-15(20(26)30-17(13)14)22-16(23)8-5-9-21/h4,6-7,15,26H,2-3,5,8,10-12H2,1H3,(H,22,23)/t15-/m0/s1. The number of hydrogen-bond acceptors (Lipinski definition) is 9. The van der Waals surface area contributed by atoms with Crippen LogP contribution in [0.5, 0.6) is 5.75 Å². The van der Waals surface area contributed by atoms with Crippen LogP contribution in [-0.4, -0.2) is 49.5 Å². The van der Waals surface area contributed by atoms with Crippen molar-refractivity contribution in [3.8, 4) is 11.8 Å². The number of rotatable bonds is 9. The van der Waals surface area contributed by atoms with Crippen LogP contribution in [0.15, 0.2) is 18.2 Å². The zero-order chi connectivity index (χ0) is 21.9. The van der Waals surface area contributed by atoms with Gasteiger partial charge in [0.2, 0.25) is 12.7 Å². The molecule has 2 rings (SSSR count). The van der Waals surface area contributed by atoms with Gasteiger partial charge in [-0.2, -0.15) is 5.26 Å². The molecule has 10 nitrogen and oxygen atoms in total. The molecule has 1 aliphatic rings. The van der Waals surface area contributed by atoms with Crippen molar-refractivity contribution in [3.63, 3.8) is 0 Å². The molecule has 0 fully saturated rings. The molecule has 1 heterocycles. The van der Waals surface area contributed by atoms with E-state index in [2.05, 4.69) is 10.1 Å². The van der Waals surface area contributed by atoms with Crippen molar-refractivity contribution in [3.05, 3.63) is 29.3 Å². The Hall–Kier alpha value is -3.26. The maximum absolute atomic E-state index is 12.3. The highest BCUT2D eigenvalue weighted by atomic mass is 16.8. The summed E-state index contributed by atoms with van der Waals surface area (Å²) in [7, 11) is -1.39. The lowest BCUT2D eigenvalue weighted by Crippen LogP contribution is -2.53. The molecule has 0 saturated heterocycles. The van der Waals surface area contributed by atoms with E-state index in [0.717, 1.165) is 6.42 Å². The molecule has 0 spiro atoms. The first-order chi connectivity index (χ1) is 14.5. The van der Waals surface area contributed by atoms with Crippen molar-refractivity contribution in [2.75, 3.05) is 13.4 Å². The molecule has 0 saturated carbocycles. The van der Waals surface area contributed by atoms with Gasteiger partial charge in [0, 0.05) is 12.8 Å². The zero-order valence-electron chi connectivity index (χ0n) is 16.6. The number of esters is 1. The van der Waals surface area contributed by atoms with Crippen molar-refractivity contribution < 1.29 is 38.3 Å². The Morgan fingerprint density at radius 1 is 1.33 bits per heavy atom. The first-order valence-corrected chi connectivity index (χ1v) is 9.55. The van der Waals surface area contributed by atoms with Gasteiger partial charge in [0.1, 0.15) is 11.3 Å². The summed E-state index contributed by atoms with van der Waals surface area (Å²) >= 11 is 0. The molecule has 0 unspecified atom stereocenters. The van der Waals surface area contributed by atoms with Gasteiger partial charge in [-0.15, -0.1) is 0 Å². The van der Waals surface area contributed by atoms with E-state index in [-0.39, 0.29) is 43.1 Å². The number of amides is 1. The van der Waals surface area contributed by atoms with E-state index in [4.69, 9.17) is 19.4 Å². The molecule has 160 valence electrons. The van der Waals surface area contributed by atoms with E-state index in [1.165, 1.54) is 6.07 Å². The van der Waals surface area contributed by atoms with Crippen molar-refractivity contribution in [2.45, 2.75) is 45.0 Å². The summed E-state index contributed by atoms with van der Waals surface area (Å²) in [4.78, 5) is 35.5. The van der Waals surface area contributed by atoms with E-state index in [1.54, 1.807) is 12.1 Å². The third-order valence-electron chi connectivity index (χ3n) is 4.23. The van der Waals surface area contributed by atoms with E-state index in [9.17, 15) is 19.4 Å². The second kappa shape index (κ2) is 11.7. The number of para-hydroxylation sites is 1. The minimum Gasteiger partial charge on any atom is -0.534 e. The zero-order valence-corrected chi connectivity index (χ0v) is 16.6. The monoisotopic (exact) mass is 418 g/mol. The van der Waals surface area contributed by atoms with E-state index in [1.807, 2.05) is 13.0 Å². The highest BCUT2D eigenvalue weighted by molar-refractivity contribution is 6.47. The Kier molecular flexibility index (Phi) is 8.96. The van der Waals surface area contributed by atoms with E-state index >= 15 is 0 Å². The highest BCUT2D eigenvalue weighted by Gasteiger charge is 2.37. The lowest BCUT2D eigenvalue weighted by molar-refractivity contribution is -0.121. The molecule has 1 aromatic carbocycles.